The topological polar surface area (TPSA) is 17.1 Å². The van der Waals surface area contributed by atoms with Gasteiger partial charge in [-0.3, -0.25) is 0 Å². The number of Topliss-reactive ketones (excluding diaryl/α,β-unsaturated/α-hetero) is 1. The van der Waals surface area contributed by atoms with E-state index < -0.39 is 8.07 Å². The molecule has 2 heteroatoms. The molecule has 0 amide bonds. The Morgan fingerprint density at radius 1 is 1.20 bits per heavy atom. The Hall–Kier alpha value is -0.893. The molecule has 0 aliphatic rings. The summed E-state index contributed by atoms with van der Waals surface area (Å²) < 4.78 is 0. The van der Waals surface area contributed by atoms with Crippen LogP contribution in [-0.2, 0) is 4.79 Å². The van der Waals surface area contributed by atoms with Crippen LogP contribution in [0.15, 0.2) is 30.3 Å². The van der Waals surface area contributed by atoms with Gasteiger partial charge in [0.2, 0.25) is 0 Å². The highest BCUT2D eigenvalue weighted by molar-refractivity contribution is 6.77. The molecule has 0 radical (unpaired) electrons. The normalized spacial score (nSPS) is 13.6. The van der Waals surface area contributed by atoms with E-state index in [9.17, 15) is 4.79 Å². The Bertz CT molecular complexity index is 324. The van der Waals surface area contributed by atoms with Crippen molar-refractivity contribution < 1.29 is 4.79 Å². The fraction of sp³-hybridized carbons (Fsp3) is 0.462. The summed E-state index contributed by atoms with van der Waals surface area (Å²) in [6.45, 7) is 8.67. The zero-order valence-electron chi connectivity index (χ0n) is 10.1. The van der Waals surface area contributed by atoms with Crippen LogP contribution in [0.3, 0.4) is 0 Å². The Labute approximate surface area is 93.5 Å². The highest BCUT2D eigenvalue weighted by Gasteiger charge is 2.28. The molecule has 0 saturated carbocycles. The van der Waals surface area contributed by atoms with E-state index in [-0.39, 0.29) is 0 Å². The van der Waals surface area contributed by atoms with Crippen LogP contribution in [0.5, 0.6) is 0 Å². The van der Waals surface area contributed by atoms with E-state index in [1.807, 2.05) is 6.07 Å². The molecule has 0 aliphatic heterocycles. The molecule has 0 aromatic heterocycles. The summed E-state index contributed by atoms with van der Waals surface area (Å²) in [5.41, 5.74) is 1.78. The van der Waals surface area contributed by atoms with E-state index in [2.05, 4.69) is 43.9 Å². The minimum absolute atomic E-state index is 0.297. The van der Waals surface area contributed by atoms with Crippen LogP contribution in [0.25, 0.3) is 0 Å². The van der Waals surface area contributed by atoms with Gasteiger partial charge < -0.3 is 4.79 Å². The molecule has 1 unspecified atom stereocenters. The predicted molar refractivity (Wildman–Crippen MR) is 67.8 cm³/mol. The molecule has 0 saturated heterocycles. The van der Waals surface area contributed by atoms with Crippen LogP contribution < -0.4 is 0 Å². The molecule has 82 valence electrons. The highest BCUT2D eigenvalue weighted by Crippen LogP contribution is 2.30. The smallest absolute Gasteiger partial charge is 0.130 e. The lowest BCUT2D eigenvalue weighted by Gasteiger charge is -2.28. The van der Waals surface area contributed by atoms with Crippen molar-refractivity contribution in [2.45, 2.75) is 38.5 Å². The molecule has 0 spiro atoms. The number of carbonyl (C=O) groups is 1. The lowest BCUT2D eigenvalue weighted by Crippen LogP contribution is -2.32. The second kappa shape index (κ2) is 4.75. The van der Waals surface area contributed by atoms with E-state index in [1.165, 1.54) is 5.56 Å². The van der Waals surface area contributed by atoms with E-state index in [1.54, 1.807) is 6.92 Å². The Kier molecular flexibility index (Phi) is 3.86. The SMILES string of the molecule is CC(=O)CC(c1ccccc1)[Si](C)(C)C. The van der Waals surface area contributed by atoms with Gasteiger partial charge in [-0.1, -0.05) is 50.0 Å². The minimum atomic E-state index is -1.31. The van der Waals surface area contributed by atoms with Crippen molar-refractivity contribution in [3.63, 3.8) is 0 Å². The van der Waals surface area contributed by atoms with Gasteiger partial charge in [-0.05, 0) is 18.0 Å². The van der Waals surface area contributed by atoms with Crippen LogP contribution >= 0.6 is 0 Å². The number of hydrogen-bond donors (Lipinski definition) is 0. The van der Waals surface area contributed by atoms with Crippen molar-refractivity contribution in [3.8, 4) is 0 Å². The molecule has 0 aliphatic carbocycles. The maximum absolute atomic E-state index is 11.3. The minimum Gasteiger partial charge on any atom is -0.300 e. The molecule has 0 fully saturated rings. The van der Waals surface area contributed by atoms with Gasteiger partial charge in [0.1, 0.15) is 5.78 Å². The Morgan fingerprint density at radius 2 is 1.73 bits per heavy atom. The first-order valence-corrected chi connectivity index (χ1v) is 9.03. The molecular formula is C13H20OSi. The van der Waals surface area contributed by atoms with Gasteiger partial charge in [-0.25, -0.2) is 0 Å². The molecule has 1 rings (SSSR count). The average molecular weight is 220 g/mol. The van der Waals surface area contributed by atoms with Crippen molar-refractivity contribution in [1.82, 2.24) is 0 Å². The third kappa shape index (κ3) is 3.63. The lowest BCUT2D eigenvalue weighted by molar-refractivity contribution is -0.117. The van der Waals surface area contributed by atoms with Gasteiger partial charge in [-0.15, -0.1) is 0 Å². The Morgan fingerprint density at radius 3 is 2.13 bits per heavy atom. The molecular weight excluding hydrogens is 200 g/mol. The monoisotopic (exact) mass is 220 g/mol. The largest absolute Gasteiger partial charge is 0.300 e. The lowest BCUT2D eigenvalue weighted by atomic mass is 10.1. The summed E-state index contributed by atoms with van der Waals surface area (Å²) >= 11 is 0. The number of hydrogen-bond acceptors (Lipinski definition) is 1. The summed E-state index contributed by atoms with van der Waals surface area (Å²) in [5.74, 6) is 0.297. The molecule has 1 atom stereocenters. The van der Waals surface area contributed by atoms with Crippen LogP contribution in [-0.4, -0.2) is 13.9 Å². The van der Waals surface area contributed by atoms with Gasteiger partial charge in [0.15, 0.2) is 0 Å². The van der Waals surface area contributed by atoms with Crippen molar-refractivity contribution in [2.24, 2.45) is 0 Å². The van der Waals surface area contributed by atoms with Gasteiger partial charge in [0.05, 0.1) is 8.07 Å². The zero-order chi connectivity index (χ0) is 11.5. The van der Waals surface area contributed by atoms with Crippen LogP contribution in [0, 0.1) is 0 Å². The molecule has 15 heavy (non-hydrogen) atoms. The van der Waals surface area contributed by atoms with E-state index in [4.69, 9.17) is 0 Å². The van der Waals surface area contributed by atoms with E-state index in [0.717, 1.165) is 0 Å². The van der Waals surface area contributed by atoms with Gasteiger partial charge in [-0.2, -0.15) is 0 Å². The Balaban J connectivity index is 2.97. The van der Waals surface area contributed by atoms with Crippen LogP contribution in [0.2, 0.25) is 19.6 Å². The van der Waals surface area contributed by atoms with Gasteiger partial charge >= 0.3 is 0 Å². The number of carbonyl (C=O) groups excluding carboxylic acids is 1. The summed E-state index contributed by atoms with van der Waals surface area (Å²) in [4.78, 5) is 11.3. The van der Waals surface area contributed by atoms with Crippen molar-refractivity contribution in [2.75, 3.05) is 0 Å². The molecule has 1 aromatic carbocycles. The number of rotatable bonds is 4. The van der Waals surface area contributed by atoms with Crippen LogP contribution in [0.1, 0.15) is 24.4 Å². The fourth-order valence-electron chi connectivity index (χ4n) is 1.90. The molecule has 0 N–H and O–H groups in total. The highest BCUT2D eigenvalue weighted by atomic mass is 28.3. The second-order valence-electron chi connectivity index (χ2n) is 5.24. The van der Waals surface area contributed by atoms with Gasteiger partial charge in [0, 0.05) is 6.42 Å². The summed E-state index contributed by atoms with van der Waals surface area (Å²) in [5, 5.41) is 0. The summed E-state index contributed by atoms with van der Waals surface area (Å²) in [6.07, 6.45) is 0.694. The van der Waals surface area contributed by atoms with Crippen LogP contribution in [0.4, 0.5) is 0 Å². The summed E-state index contributed by atoms with van der Waals surface area (Å²) in [6, 6.07) is 10.4. The molecule has 1 aromatic rings. The average Bonchev–Trinajstić information content (AvgIpc) is 2.14. The van der Waals surface area contributed by atoms with Crippen molar-refractivity contribution in [1.29, 1.82) is 0 Å². The first-order chi connectivity index (χ1) is 6.91. The third-order valence-electron chi connectivity index (χ3n) is 2.74. The third-order valence-corrected chi connectivity index (χ3v) is 5.37. The predicted octanol–water partition coefficient (Wildman–Crippen LogP) is 3.63. The maximum Gasteiger partial charge on any atom is 0.130 e. The number of ketones is 1. The molecule has 0 heterocycles. The van der Waals surface area contributed by atoms with E-state index in [0.29, 0.717) is 17.7 Å². The van der Waals surface area contributed by atoms with E-state index >= 15 is 0 Å². The molecule has 1 nitrogen and oxygen atoms in total. The van der Waals surface area contributed by atoms with Crippen molar-refractivity contribution in [3.05, 3.63) is 35.9 Å². The molecule has 0 bridgehead atoms. The van der Waals surface area contributed by atoms with Gasteiger partial charge in [0.25, 0.3) is 0 Å². The first-order valence-electron chi connectivity index (χ1n) is 5.45. The van der Waals surface area contributed by atoms with Crippen molar-refractivity contribution >= 4 is 13.9 Å². The first kappa shape index (κ1) is 12.2. The maximum atomic E-state index is 11.3. The standard InChI is InChI=1S/C13H20OSi/c1-11(14)10-13(15(2,3)4)12-8-6-5-7-9-12/h5-9,13H,10H2,1-4H3. The summed E-state index contributed by atoms with van der Waals surface area (Å²) in [7, 11) is -1.31. The zero-order valence-corrected chi connectivity index (χ0v) is 11.1. The fourth-order valence-corrected chi connectivity index (χ4v) is 3.99. The second-order valence-corrected chi connectivity index (χ2v) is 10.7. The number of benzene rings is 1. The quantitative estimate of drug-likeness (QED) is 0.708.